The van der Waals surface area contributed by atoms with Gasteiger partial charge in [-0.2, -0.15) is 0 Å². The van der Waals surface area contributed by atoms with Crippen LogP contribution >= 0.6 is 0 Å². The maximum atomic E-state index is 11.9. The van der Waals surface area contributed by atoms with Gasteiger partial charge in [-0.05, 0) is 76.7 Å². The van der Waals surface area contributed by atoms with Gasteiger partial charge in [0.15, 0.2) is 0 Å². The van der Waals surface area contributed by atoms with E-state index in [-0.39, 0.29) is 11.9 Å². The summed E-state index contributed by atoms with van der Waals surface area (Å²) in [5.74, 6) is 1.02. The third kappa shape index (κ3) is 20.6. The van der Waals surface area contributed by atoms with Gasteiger partial charge in [0, 0.05) is 0 Å². The maximum absolute atomic E-state index is 11.9. The van der Waals surface area contributed by atoms with Gasteiger partial charge >= 0.3 is 5.97 Å². The number of carbonyl (C=O) groups is 1. The molecule has 1 saturated heterocycles. The number of carbonyl (C=O) groups excluding carboxylic acids is 1. The fraction of sp³-hybridized carbons (Fsp3) is 0.806. The van der Waals surface area contributed by atoms with E-state index in [2.05, 4.69) is 44.2 Å². The molecule has 0 aliphatic carbocycles. The molecule has 220 valence electrons. The van der Waals surface area contributed by atoms with Crippen LogP contribution in [0.25, 0.3) is 0 Å². The third-order valence-electron chi connectivity index (χ3n) is 7.91. The molecule has 2 nitrogen and oxygen atoms in total. The van der Waals surface area contributed by atoms with Crippen molar-refractivity contribution in [3.63, 3.8) is 0 Å². The molecule has 0 bridgehead atoms. The van der Waals surface area contributed by atoms with Crippen molar-refractivity contribution in [1.82, 2.24) is 0 Å². The van der Waals surface area contributed by atoms with E-state index in [1.54, 1.807) is 0 Å². The molecule has 0 aromatic carbocycles. The number of unbranched alkanes of at least 4 members (excludes halogenated alkanes) is 21. The standard InChI is InChI=1S/C36H64O2/c1-3-5-7-9-11-13-15-17-19-21-23-25-27-29-31-33-35-34(36(37)38-35)32-30-28-26-24-22-20-18-16-14-12-10-8-6-4-2/h17-20,33-34H,3-16,21-32H2,1-2H3. The summed E-state index contributed by atoms with van der Waals surface area (Å²) in [6, 6.07) is 0. The maximum Gasteiger partial charge on any atom is 0.321 e. The summed E-state index contributed by atoms with van der Waals surface area (Å²) in [6.45, 7) is 4.56. The number of allylic oxidation sites excluding steroid dienone is 5. The Morgan fingerprint density at radius 1 is 0.500 bits per heavy atom. The van der Waals surface area contributed by atoms with Crippen molar-refractivity contribution in [1.29, 1.82) is 0 Å². The predicted molar refractivity (Wildman–Crippen MR) is 167 cm³/mol. The van der Waals surface area contributed by atoms with Gasteiger partial charge in [0.25, 0.3) is 0 Å². The molecule has 1 unspecified atom stereocenters. The van der Waals surface area contributed by atoms with Crippen molar-refractivity contribution >= 4 is 5.97 Å². The van der Waals surface area contributed by atoms with E-state index in [4.69, 9.17) is 4.74 Å². The second-order valence-corrected chi connectivity index (χ2v) is 11.6. The summed E-state index contributed by atoms with van der Waals surface area (Å²) >= 11 is 0. The van der Waals surface area contributed by atoms with E-state index in [0.29, 0.717) is 0 Å². The molecule has 1 rings (SSSR count). The lowest BCUT2D eigenvalue weighted by Gasteiger charge is -2.28. The molecule has 0 spiro atoms. The van der Waals surface area contributed by atoms with Crippen molar-refractivity contribution in [3.8, 4) is 0 Å². The molecule has 1 atom stereocenters. The summed E-state index contributed by atoms with van der Waals surface area (Å²) in [6.07, 6.45) is 45.4. The second kappa shape index (κ2) is 27.3. The summed E-state index contributed by atoms with van der Waals surface area (Å²) in [5.41, 5.74) is 0. The third-order valence-corrected chi connectivity index (χ3v) is 7.91. The Bertz CT molecular complexity index is 615. The summed E-state index contributed by atoms with van der Waals surface area (Å²) in [7, 11) is 0. The minimum atomic E-state index is 0.00150. The summed E-state index contributed by atoms with van der Waals surface area (Å²) in [5, 5.41) is 0. The Labute approximate surface area is 238 Å². The molecule has 0 saturated carbocycles. The highest BCUT2D eigenvalue weighted by molar-refractivity contribution is 5.82. The Morgan fingerprint density at radius 2 is 0.868 bits per heavy atom. The van der Waals surface area contributed by atoms with Crippen LogP contribution in [0.5, 0.6) is 0 Å². The van der Waals surface area contributed by atoms with Crippen LogP contribution in [-0.4, -0.2) is 5.97 Å². The minimum Gasteiger partial charge on any atom is -0.430 e. The highest BCUT2D eigenvalue weighted by Gasteiger charge is 2.36. The van der Waals surface area contributed by atoms with Crippen LogP contribution in [0, 0.1) is 5.92 Å². The summed E-state index contributed by atoms with van der Waals surface area (Å²) < 4.78 is 5.34. The Kier molecular flexibility index (Phi) is 24.9. The quantitative estimate of drug-likeness (QED) is 0.0573. The van der Waals surface area contributed by atoms with Crippen molar-refractivity contribution in [2.45, 2.75) is 181 Å². The molecular formula is C36H64O2. The molecule has 2 heteroatoms. The van der Waals surface area contributed by atoms with Crippen molar-refractivity contribution < 1.29 is 9.53 Å². The van der Waals surface area contributed by atoms with E-state index in [0.717, 1.165) is 25.0 Å². The van der Waals surface area contributed by atoms with Crippen LogP contribution < -0.4 is 0 Å². The van der Waals surface area contributed by atoms with E-state index in [1.807, 2.05) is 0 Å². The molecule has 1 aliphatic rings. The normalized spacial score (nSPS) is 16.6. The van der Waals surface area contributed by atoms with Crippen molar-refractivity contribution in [3.05, 3.63) is 36.1 Å². The van der Waals surface area contributed by atoms with Crippen LogP contribution in [0.15, 0.2) is 36.1 Å². The average molecular weight is 529 g/mol. The molecular weight excluding hydrogens is 464 g/mol. The van der Waals surface area contributed by atoms with E-state index >= 15 is 0 Å². The largest absolute Gasteiger partial charge is 0.430 e. The van der Waals surface area contributed by atoms with Gasteiger partial charge in [-0.3, -0.25) is 4.79 Å². The number of cyclic esters (lactones) is 1. The van der Waals surface area contributed by atoms with Gasteiger partial charge in [0.1, 0.15) is 11.7 Å². The van der Waals surface area contributed by atoms with Crippen LogP contribution in [-0.2, 0) is 9.53 Å². The first-order valence-electron chi connectivity index (χ1n) is 17.0. The number of ether oxygens (including phenoxy) is 1. The van der Waals surface area contributed by atoms with Gasteiger partial charge in [-0.25, -0.2) is 0 Å². The highest BCUT2D eigenvalue weighted by Crippen LogP contribution is 2.32. The molecule has 0 amide bonds. The average Bonchev–Trinajstić information content (AvgIpc) is 2.92. The lowest BCUT2D eigenvalue weighted by molar-refractivity contribution is -0.157. The highest BCUT2D eigenvalue weighted by atomic mass is 16.6. The molecule has 0 aromatic heterocycles. The minimum absolute atomic E-state index is 0.00150. The molecule has 0 radical (unpaired) electrons. The molecule has 0 aromatic rings. The second-order valence-electron chi connectivity index (χ2n) is 11.6. The number of hydrogen-bond acceptors (Lipinski definition) is 2. The zero-order valence-electron chi connectivity index (χ0n) is 25.7. The van der Waals surface area contributed by atoms with Crippen LogP contribution in [0.4, 0.5) is 0 Å². The van der Waals surface area contributed by atoms with E-state index in [1.165, 1.54) is 148 Å². The molecule has 1 fully saturated rings. The zero-order chi connectivity index (χ0) is 27.4. The summed E-state index contributed by atoms with van der Waals surface area (Å²) in [4.78, 5) is 11.9. The van der Waals surface area contributed by atoms with Gasteiger partial charge in [-0.1, -0.05) is 134 Å². The number of rotatable bonds is 28. The molecule has 38 heavy (non-hydrogen) atoms. The number of hydrogen-bond donors (Lipinski definition) is 0. The first kappa shape index (κ1) is 34.7. The van der Waals surface area contributed by atoms with Gasteiger partial charge < -0.3 is 4.74 Å². The zero-order valence-corrected chi connectivity index (χ0v) is 25.7. The first-order chi connectivity index (χ1) is 18.8. The van der Waals surface area contributed by atoms with Crippen molar-refractivity contribution in [2.24, 2.45) is 5.92 Å². The van der Waals surface area contributed by atoms with E-state index in [9.17, 15) is 4.79 Å². The SMILES string of the molecule is CCCCCCCCC=CCCCCCCC=C1OC(=O)C1CCCCCCC=CCCCCCCCC. The molecule has 1 heterocycles. The first-order valence-corrected chi connectivity index (χ1v) is 17.0. The Morgan fingerprint density at radius 3 is 1.29 bits per heavy atom. The van der Waals surface area contributed by atoms with Crippen LogP contribution in [0.3, 0.4) is 0 Å². The van der Waals surface area contributed by atoms with Crippen LogP contribution in [0.1, 0.15) is 181 Å². The molecule has 0 N–H and O–H groups in total. The van der Waals surface area contributed by atoms with Gasteiger partial charge in [0.2, 0.25) is 0 Å². The lowest BCUT2D eigenvalue weighted by Crippen LogP contribution is -2.32. The Balaban J connectivity index is 1.91. The lowest BCUT2D eigenvalue weighted by atomic mass is 9.93. The molecule has 1 aliphatic heterocycles. The Hall–Kier alpha value is -1.31. The van der Waals surface area contributed by atoms with Crippen molar-refractivity contribution in [2.75, 3.05) is 0 Å². The van der Waals surface area contributed by atoms with E-state index < -0.39 is 0 Å². The fourth-order valence-corrected chi connectivity index (χ4v) is 5.29. The van der Waals surface area contributed by atoms with Crippen LogP contribution in [0.2, 0.25) is 0 Å². The topological polar surface area (TPSA) is 26.3 Å². The smallest absolute Gasteiger partial charge is 0.321 e. The van der Waals surface area contributed by atoms with Gasteiger partial charge in [-0.15, -0.1) is 0 Å². The fourth-order valence-electron chi connectivity index (χ4n) is 5.29. The monoisotopic (exact) mass is 528 g/mol. The predicted octanol–water partition coefficient (Wildman–Crippen LogP) is 12.3. The van der Waals surface area contributed by atoms with Gasteiger partial charge in [0.05, 0.1) is 0 Å². The number of esters is 1.